The van der Waals surface area contributed by atoms with Gasteiger partial charge >= 0.3 is 0 Å². The van der Waals surface area contributed by atoms with Crippen LogP contribution in [0.3, 0.4) is 0 Å². The third kappa shape index (κ3) is 2.08. The van der Waals surface area contributed by atoms with Gasteiger partial charge in [-0.15, -0.1) is 0 Å². The molecule has 2 fully saturated rings. The van der Waals surface area contributed by atoms with E-state index in [-0.39, 0.29) is 17.6 Å². The minimum absolute atomic E-state index is 0.146. The van der Waals surface area contributed by atoms with Crippen molar-refractivity contribution < 1.29 is 9.53 Å². The van der Waals surface area contributed by atoms with Crippen molar-refractivity contribution in [3.63, 3.8) is 0 Å². The SMILES string of the molecule is CCC1(C)NC(C)N(C2CCC(OC)C2)C1=O. The lowest BCUT2D eigenvalue weighted by molar-refractivity contribution is -0.135. The number of hydrogen-bond donors (Lipinski definition) is 1. The van der Waals surface area contributed by atoms with Crippen LogP contribution in [-0.4, -0.2) is 41.8 Å². The van der Waals surface area contributed by atoms with Gasteiger partial charge in [0, 0.05) is 13.2 Å². The van der Waals surface area contributed by atoms with Crippen molar-refractivity contribution >= 4 is 5.91 Å². The van der Waals surface area contributed by atoms with Crippen molar-refractivity contribution in [3.05, 3.63) is 0 Å². The summed E-state index contributed by atoms with van der Waals surface area (Å²) in [5, 5.41) is 3.43. The van der Waals surface area contributed by atoms with Crippen molar-refractivity contribution in [2.75, 3.05) is 7.11 Å². The second-order valence-corrected chi connectivity index (χ2v) is 5.54. The van der Waals surface area contributed by atoms with Crippen LogP contribution in [-0.2, 0) is 9.53 Å². The summed E-state index contributed by atoms with van der Waals surface area (Å²) in [7, 11) is 1.76. The first kappa shape index (κ1) is 12.8. The first-order chi connectivity index (χ1) is 8.01. The van der Waals surface area contributed by atoms with Crippen molar-refractivity contribution in [2.24, 2.45) is 0 Å². The second-order valence-electron chi connectivity index (χ2n) is 5.54. The van der Waals surface area contributed by atoms with E-state index in [2.05, 4.69) is 19.2 Å². The highest BCUT2D eigenvalue weighted by molar-refractivity contribution is 5.88. The van der Waals surface area contributed by atoms with E-state index >= 15 is 0 Å². The van der Waals surface area contributed by atoms with Gasteiger partial charge in [0.25, 0.3) is 0 Å². The maximum atomic E-state index is 12.5. The molecule has 2 aliphatic rings. The predicted molar refractivity (Wildman–Crippen MR) is 66.6 cm³/mol. The molecule has 0 spiro atoms. The summed E-state index contributed by atoms with van der Waals surface area (Å²) in [4.78, 5) is 14.5. The van der Waals surface area contributed by atoms with Gasteiger partial charge < -0.3 is 9.64 Å². The Morgan fingerprint density at radius 2 is 2.24 bits per heavy atom. The number of rotatable bonds is 3. The molecule has 1 N–H and O–H groups in total. The van der Waals surface area contributed by atoms with Gasteiger partial charge in [-0.3, -0.25) is 10.1 Å². The number of nitrogens with one attached hydrogen (secondary N) is 1. The smallest absolute Gasteiger partial charge is 0.244 e. The summed E-state index contributed by atoms with van der Waals surface area (Å²) in [6, 6.07) is 0.350. The number of carbonyl (C=O) groups is 1. The molecule has 1 amide bonds. The first-order valence-electron chi connectivity index (χ1n) is 6.65. The number of hydrogen-bond acceptors (Lipinski definition) is 3. The minimum Gasteiger partial charge on any atom is -0.381 e. The monoisotopic (exact) mass is 240 g/mol. The Morgan fingerprint density at radius 1 is 1.53 bits per heavy atom. The van der Waals surface area contributed by atoms with Gasteiger partial charge in [0.2, 0.25) is 5.91 Å². The predicted octanol–water partition coefficient (Wildman–Crippen LogP) is 1.50. The van der Waals surface area contributed by atoms with Gasteiger partial charge in [0.15, 0.2) is 0 Å². The van der Waals surface area contributed by atoms with Crippen LogP contribution in [0, 0.1) is 0 Å². The largest absolute Gasteiger partial charge is 0.381 e. The minimum atomic E-state index is -0.370. The summed E-state index contributed by atoms with van der Waals surface area (Å²) in [6.07, 6.45) is 4.43. The van der Waals surface area contributed by atoms with E-state index in [0.29, 0.717) is 12.1 Å². The Balaban J connectivity index is 2.09. The molecule has 0 aromatic heterocycles. The standard InChI is InChI=1S/C13H24N2O2/c1-5-13(3)12(16)15(9(2)14-13)10-6-7-11(8-10)17-4/h9-11,14H,5-8H2,1-4H3. The maximum absolute atomic E-state index is 12.5. The molecule has 17 heavy (non-hydrogen) atoms. The van der Waals surface area contributed by atoms with Gasteiger partial charge in [-0.25, -0.2) is 0 Å². The Labute approximate surface area is 104 Å². The Kier molecular flexibility index (Phi) is 3.46. The molecule has 1 heterocycles. The fourth-order valence-electron chi connectivity index (χ4n) is 3.17. The normalized spacial score (nSPS) is 42.5. The van der Waals surface area contributed by atoms with E-state index in [4.69, 9.17) is 4.74 Å². The quantitative estimate of drug-likeness (QED) is 0.813. The second kappa shape index (κ2) is 4.58. The van der Waals surface area contributed by atoms with E-state index in [1.807, 2.05) is 11.8 Å². The lowest BCUT2D eigenvalue weighted by Gasteiger charge is -2.28. The van der Waals surface area contributed by atoms with Gasteiger partial charge in [0.1, 0.15) is 0 Å². The maximum Gasteiger partial charge on any atom is 0.244 e. The average molecular weight is 240 g/mol. The van der Waals surface area contributed by atoms with Crippen LogP contribution >= 0.6 is 0 Å². The number of nitrogens with zero attached hydrogens (tertiary/aromatic N) is 1. The molecule has 1 aliphatic carbocycles. The molecule has 4 unspecified atom stereocenters. The van der Waals surface area contributed by atoms with Crippen LogP contribution in [0.2, 0.25) is 0 Å². The highest BCUT2D eigenvalue weighted by atomic mass is 16.5. The van der Waals surface area contributed by atoms with E-state index in [1.165, 1.54) is 0 Å². The molecule has 1 saturated carbocycles. The third-order valence-corrected chi connectivity index (χ3v) is 4.44. The van der Waals surface area contributed by atoms with Gasteiger partial charge in [-0.1, -0.05) is 6.92 Å². The molecule has 1 saturated heterocycles. The Hall–Kier alpha value is -0.610. The van der Waals surface area contributed by atoms with E-state index < -0.39 is 0 Å². The molecule has 0 radical (unpaired) electrons. The Bertz CT molecular complexity index is 308. The molecule has 1 aliphatic heterocycles. The molecule has 2 rings (SSSR count). The zero-order chi connectivity index (χ0) is 12.6. The summed E-state index contributed by atoms with van der Waals surface area (Å²) < 4.78 is 5.39. The van der Waals surface area contributed by atoms with Crippen molar-refractivity contribution in [3.8, 4) is 0 Å². The molecule has 98 valence electrons. The van der Waals surface area contributed by atoms with Crippen molar-refractivity contribution in [1.82, 2.24) is 10.2 Å². The number of carbonyl (C=O) groups excluding carboxylic acids is 1. The van der Waals surface area contributed by atoms with E-state index in [1.54, 1.807) is 7.11 Å². The van der Waals surface area contributed by atoms with Gasteiger partial charge in [-0.05, 0) is 39.5 Å². The molecule has 0 bridgehead atoms. The topological polar surface area (TPSA) is 41.6 Å². The number of ether oxygens (including phenoxy) is 1. The average Bonchev–Trinajstić information content (AvgIpc) is 2.84. The molecule has 0 aromatic carbocycles. The van der Waals surface area contributed by atoms with Gasteiger partial charge in [0.05, 0.1) is 17.8 Å². The van der Waals surface area contributed by atoms with Crippen LogP contribution in [0.25, 0.3) is 0 Å². The fraction of sp³-hybridized carbons (Fsp3) is 0.923. The zero-order valence-electron chi connectivity index (χ0n) is 11.3. The van der Waals surface area contributed by atoms with Crippen LogP contribution in [0.4, 0.5) is 0 Å². The van der Waals surface area contributed by atoms with E-state index in [9.17, 15) is 4.79 Å². The van der Waals surface area contributed by atoms with Crippen molar-refractivity contribution in [2.45, 2.75) is 70.3 Å². The first-order valence-corrected chi connectivity index (χ1v) is 6.65. The van der Waals surface area contributed by atoms with Crippen molar-refractivity contribution in [1.29, 1.82) is 0 Å². The lowest BCUT2D eigenvalue weighted by Crippen LogP contribution is -2.44. The van der Waals surface area contributed by atoms with Crippen LogP contribution in [0.5, 0.6) is 0 Å². The zero-order valence-corrected chi connectivity index (χ0v) is 11.3. The molecular formula is C13H24N2O2. The molecule has 0 aromatic rings. The van der Waals surface area contributed by atoms with Crippen LogP contribution in [0.15, 0.2) is 0 Å². The van der Waals surface area contributed by atoms with Gasteiger partial charge in [-0.2, -0.15) is 0 Å². The Morgan fingerprint density at radius 3 is 2.71 bits per heavy atom. The summed E-state index contributed by atoms with van der Waals surface area (Å²) >= 11 is 0. The lowest BCUT2D eigenvalue weighted by atomic mass is 9.99. The number of amides is 1. The van der Waals surface area contributed by atoms with Crippen LogP contribution in [0.1, 0.15) is 46.5 Å². The highest BCUT2D eigenvalue weighted by Crippen LogP contribution is 2.33. The molecular weight excluding hydrogens is 216 g/mol. The summed E-state index contributed by atoms with van der Waals surface area (Å²) in [5.41, 5.74) is -0.370. The molecule has 4 nitrogen and oxygen atoms in total. The summed E-state index contributed by atoms with van der Waals surface area (Å²) in [6.45, 7) is 6.15. The molecule has 4 heteroatoms. The number of methoxy groups -OCH3 is 1. The summed E-state index contributed by atoms with van der Waals surface area (Å²) in [5.74, 6) is 0.259. The van der Waals surface area contributed by atoms with Crippen LogP contribution < -0.4 is 5.32 Å². The highest BCUT2D eigenvalue weighted by Gasteiger charge is 2.48. The molecule has 4 atom stereocenters. The fourth-order valence-corrected chi connectivity index (χ4v) is 3.17. The van der Waals surface area contributed by atoms with E-state index in [0.717, 1.165) is 25.7 Å². The third-order valence-electron chi connectivity index (χ3n) is 4.44.